The van der Waals surface area contributed by atoms with Gasteiger partial charge in [0.2, 0.25) is 10.0 Å². The summed E-state index contributed by atoms with van der Waals surface area (Å²) in [5.41, 5.74) is 0. The molecule has 0 amide bonds. The maximum atomic E-state index is 13.5. The van der Waals surface area contributed by atoms with Crippen molar-refractivity contribution in [1.29, 1.82) is 0 Å². The lowest BCUT2D eigenvalue weighted by atomic mass is 9.86. The van der Waals surface area contributed by atoms with Gasteiger partial charge in [0, 0.05) is 12.0 Å². The van der Waals surface area contributed by atoms with E-state index < -0.39 is 10.0 Å². The molecule has 0 spiro atoms. The third-order valence-corrected chi connectivity index (χ3v) is 5.33. The van der Waals surface area contributed by atoms with Crippen molar-refractivity contribution < 1.29 is 17.5 Å². The first kappa shape index (κ1) is 16.2. The average Bonchev–Trinajstić information content (AvgIpc) is 2.47. The van der Waals surface area contributed by atoms with Gasteiger partial charge in [-0.3, -0.25) is 0 Å². The number of para-hydroxylation sites is 1. The second kappa shape index (κ2) is 7.22. The smallest absolute Gasteiger partial charge is 0.211 e. The monoisotopic (exact) mass is 315 g/mol. The van der Waals surface area contributed by atoms with Crippen LogP contribution < -0.4 is 9.46 Å². The summed E-state index contributed by atoms with van der Waals surface area (Å²) in [5, 5.41) is 0. The van der Waals surface area contributed by atoms with E-state index in [9.17, 15) is 12.8 Å². The molecule has 0 aromatic heterocycles. The molecule has 6 heteroatoms. The molecular formula is C15H22FNO3S. The Morgan fingerprint density at radius 1 is 1.29 bits per heavy atom. The first-order chi connectivity index (χ1) is 10.0. The highest BCUT2D eigenvalue weighted by Crippen LogP contribution is 2.26. The molecule has 0 saturated heterocycles. The van der Waals surface area contributed by atoms with Crippen LogP contribution in [0.25, 0.3) is 0 Å². The summed E-state index contributed by atoms with van der Waals surface area (Å²) in [6.45, 7) is 1.95. The maximum Gasteiger partial charge on any atom is 0.211 e. The van der Waals surface area contributed by atoms with Crippen molar-refractivity contribution in [2.75, 3.05) is 12.4 Å². The number of ether oxygens (including phenoxy) is 1. The highest BCUT2D eigenvalue weighted by molar-refractivity contribution is 7.89. The van der Waals surface area contributed by atoms with E-state index in [1.54, 1.807) is 25.1 Å². The van der Waals surface area contributed by atoms with Crippen LogP contribution in [0.2, 0.25) is 0 Å². The Kier molecular flexibility index (Phi) is 5.58. The lowest BCUT2D eigenvalue weighted by Crippen LogP contribution is -2.44. The molecule has 1 aliphatic carbocycles. The van der Waals surface area contributed by atoms with Crippen LogP contribution in [0.3, 0.4) is 0 Å². The van der Waals surface area contributed by atoms with E-state index in [-0.39, 0.29) is 29.3 Å². The van der Waals surface area contributed by atoms with Gasteiger partial charge in [0.25, 0.3) is 0 Å². The van der Waals surface area contributed by atoms with Gasteiger partial charge in [-0.25, -0.2) is 17.5 Å². The molecule has 1 saturated carbocycles. The molecule has 2 unspecified atom stereocenters. The molecule has 0 radical (unpaired) electrons. The molecule has 1 aromatic carbocycles. The quantitative estimate of drug-likeness (QED) is 0.878. The zero-order chi connectivity index (χ0) is 15.3. The molecule has 1 N–H and O–H groups in total. The number of halogens is 1. The predicted molar refractivity (Wildman–Crippen MR) is 80.2 cm³/mol. The van der Waals surface area contributed by atoms with Crippen LogP contribution in [-0.2, 0) is 10.0 Å². The molecule has 4 nitrogen and oxygen atoms in total. The first-order valence-corrected chi connectivity index (χ1v) is 9.04. The van der Waals surface area contributed by atoms with Gasteiger partial charge < -0.3 is 4.74 Å². The average molecular weight is 315 g/mol. The van der Waals surface area contributed by atoms with E-state index in [1.165, 1.54) is 6.07 Å². The number of benzene rings is 1. The van der Waals surface area contributed by atoms with Crippen molar-refractivity contribution in [2.24, 2.45) is 5.92 Å². The molecule has 1 aliphatic rings. The van der Waals surface area contributed by atoms with Crippen molar-refractivity contribution >= 4 is 10.0 Å². The minimum absolute atomic E-state index is 0.0738. The molecule has 0 heterocycles. The van der Waals surface area contributed by atoms with E-state index in [0.29, 0.717) is 6.61 Å². The Bertz CT molecular complexity index is 562. The SMILES string of the molecule is CCS(=O)(=O)NC1CCCCC1COc1ccccc1F. The fraction of sp³-hybridized carbons (Fsp3) is 0.600. The molecule has 0 bridgehead atoms. The highest BCUT2D eigenvalue weighted by Gasteiger charge is 2.28. The van der Waals surface area contributed by atoms with Crippen LogP contribution in [0.15, 0.2) is 24.3 Å². The Balaban J connectivity index is 1.98. The number of nitrogens with one attached hydrogen (secondary N) is 1. The van der Waals surface area contributed by atoms with Gasteiger partial charge in [0.05, 0.1) is 12.4 Å². The van der Waals surface area contributed by atoms with Crippen LogP contribution in [0, 0.1) is 11.7 Å². The standard InChI is InChI=1S/C15H22FNO3S/c1-2-21(18,19)17-14-9-5-3-7-12(14)11-20-15-10-6-4-8-13(15)16/h4,6,8,10,12,14,17H,2-3,5,7,9,11H2,1H3. The van der Waals surface area contributed by atoms with E-state index >= 15 is 0 Å². The van der Waals surface area contributed by atoms with Crippen molar-refractivity contribution in [2.45, 2.75) is 38.6 Å². The lowest BCUT2D eigenvalue weighted by Gasteiger charge is -2.31. The Labute approximate surface area is 125 Å². The summed E-state index contributed by atoms with van der Waals surface area (Å²) in [6.07, 6.45) is 3.76. The van der Waals surface area contributed by atoms with Crippen molar-refractivity contribution in [3.63, 3.8) is 0 Å². The topological polar surface area (TPSA) is 55.4 Å². The summed E-state index contributed by atoms with van der Waals surface area (Å²) >= 11 is 0. The molecular weight excluding hydrogens is 293 g/mol. The van der Waals surface area contributed by atoms with Gasteiger partial charge in [-0.15, -0.1) is 0 Å². The minimum Gasteiger partial charge on any atom is -0.490 e. The van der Waals surface area contributed by atoms with E-state index in [4.69, 9.17) is 4.74 Å². The summed E-state index contributed by atoms with van der Waals surface area (Å²) in [7, 11) is -3.22. The van der Waals surface area contributed by atoms with E-state index in [1.807, 2.05) is 0 Å². The normalized spacial score (nSPS) is 23.0. The number of hydrogen-bond acceptors (Lipinski definition) is 3. The number of sulfonamides is 1. The molecule has 2 atom stereocenters. The van der Waals surface area contributed by atoms with Gasteiger partial charge in [0.1, 0.15) is 0 Å². The molecule has 0 aliphatic heterocycles. The summed E-state index contributed by atoms with van der Waals surface area (Å²) < 4.78 is 45.3. The zero-order valence-electron chi connectivity index (χ0n) is 12.2. The molecule has 1 aromatic rings. The molecule has 1 fully saturated rings. The Morgan fingerprint density at radius 3 is 2.71 bits per heavy atom. The largest absolute Gasteiger partial charge is 0.490 e. The summed E-state index contributed by atoms with van der Waals surface area (Å²) in [5.74, 6) is -0.0106. The van der Waals surface area contributed by atoms with Gasteiger partial charge in [0.15, 0.2) is 11.6 Å². The first-order valence-electron chi connectivity index (χ1n) is 7.39. The third kappa shape index (κ3) is 4.68. The zero-order valence-corrected chi connectivity index (χ0v) is 13.0. The van der Waals surface area contributed by atoms with Crippen LogP contribution in [-0.4, -0.2) is 26.8 Å². The van der Waals surface area contributed by atoms with E-state index in [0.717, 1.165) is 25.7 Å². The molecule has 21 heavy (non-hydrogen) atoms. The van der Waals surface area contributed by atoms with Crippen molar-refractivity contribution in [3.05, 3.63) is 30.1 Å². The Hall–Kier alpha value is -1.14. The highest BCUT2D eigenvalue weighted by atomic mass is 32.2. The number of rotatable bonds is 6. The summed E-state index contributed by atoms with van der Waals surface area (Å²) in [4.78, 5) is 0. The second-order valence-electron chi connectivity index (χ2n) is 5.41. The van der Waals surface area contributed by atoms with Gasteiger partial charge in [-0.05, 0) is 31.9 Å². The lowest BCUT2D eigenvalue weighted by molar-refractivity contribution is 0.175. The minimum atomic E-state index is -3.22. The van der Waals surface area contributed by atoms with Crippen LogP contribution >= 0.6 is 0 Å². The molecule has 118 valence electrons. The van der Waals surface area contributed by atoms with Gasteiger partial charge >= 0.3 is 0 Å². The van der Waals surface area contributed by atoms with Crippen molar-refractivity contribution in [3.8, 4) is 5.75 Å². The van der Waals surface area contributed by atoms with Gasteiger partial charge in [-0.2, -0.15) is 0 Å². The Morgan fingerprint density at radius 2 is 2.00 bits per heavy atom. The molecule has 2 rings (SSSR count). The summed E-state index contributed by atoms with van der Waals surface area (Å²) in [6, 6.07) is 6.16. The van der Waals surface area contributed by atoms with Crippen molar-refractivity contribution in [1.82, 2.24) is 4.72 Å². The maximum absolute atomic E-state index is 13.5. The third-order valence-electron chi connectivity index (χ3n) is 3.91. The van der Waals surface area contributed by atoms with E-state index in [2.05, 4.69) is 4.72 Å². The fourth-order valence-corrected chi connectivity index (χ4v) is 3.57. The second-order valence-corrected chi connectivity index (χ2v) is 7.46. The number of hydrogen-bond donors (Lipinski definition) is 1. The van der Waals surface area contributed by atoms with Crippen LogP contribution in [0.5, 0.6) is 5.75 Å². The predicted octanol–water partition coefficient (Wildman–Crippen LogP) is 2.70. The van der Waals surface area contributed by atoms with Crippen LogP contribution in [0.4, 0.5) is 4.39 Å². The fourth-order valence-electron chi connectivity index (χ4n) is 2.63. The van der Waals surface area contributed by atoms with Crippen LogP contribution in [0.1, 0.15) is 32.6 Å². The van der Waals surface area contributed by atoms with Gasteiger partial charge in [-0.1, -0.05) is 25.0 Å².